The Balaban J connectivity index is 2.52. The van der Waals surface area contributed by atoms with Crippen LogP contribution in [0.25, 0.3) is 0 Å². The van der Waals surface area contributed by atoms with Gasteiger partial charge in [0, 0.05) is 12.0 Å². The molecule has 0 fully saturated rings. The summed E-state index contributed by atoms with van der Waals surface area (Å²) in [6.45, 7) is 0. The summed E-state index contributed by atoms with van der Waals surface area (Å²) in [6, 6.07) is 7.01. The van der Waals surface area contributed by atoms with Gasteiger partial charge in [0.25, 0.3) is 0 Å². The van der Waals surface area contributed by atoms with E-state index in [-0.39, 0.29) is 6.42 Å². The van der Waals surface area contributed by atoms with Gasteiger partial charge >= 0.3 is 0 Å². The van der Waals surface area contributed by atoms with E-state index in [1.165, 1.54) is 0 Å². The van der Waals surface area contributed by atoms with Crippen molar-refractivity contribution in [3.63, 3.8) is 0 Å². The normalized spacial score (nSPS) is 27.1. The molecule has 0 bridgehead atoms. The molecule has 0 aromatic heterocycles. The fraction of sp³-hybridized carbons (Fsp3) is 0.300. The third-order valence-corrected chi connectivity index (χ3v) is 2.66. The Bertz CT molecular complexity index is 360. The maximum atomic E-state index is 13.4. The number of Topliss-reactive ketones (excluding diaryl/α,β-unsaturated/α-hetero) is 1. The summed E-state index contributed by atoms with van der Waals surface area (Å²) in [5, 5.41) is -2.19. The van der Waals surface area contributed by atoms with Gasteiger partial charge in [-0.05, 0) is 12.0 Å². The third kappa shape index (κ3) is 1.35. The van der Waals surface area contributed by atoms with Crippen molar-refractivity contribution in [3.8, 4) is 0 Å². The van der Waals surface area contributed by atoms with Crippen molar-refractivity contribution in [1.29, 1.82) is 0 Å². The summed E-state index contributed by atoms with van der Waals surface area (Å²) in [6.07, 6.45) is 0.603. The van der Waals surface area contributed by atoms with Crippen molar-refractivity contribution in [3.05, 3.63) is 35.4 Å². The molecule has 0 amide bonds. The topological polar surface area (TPSA) is 17.1 Å². The molecule has 1 aliphatic rings. The first kappa shape index (κ1) is 8.70. The van der Waals surface area contributed by atoms with E-state index in [1.807, 2.05) is 12.1 Å². The Hall–Kier alpha value is -0.890. The van der Waals surface area contributed by atoms with Crippen LogP contribution >= 0.6 is 11.6 Å². The molecule has 1 aromatic rings. The molecule has 0 saturated carbocycles. The largest absolute Gasteiger partial charge is 0.289 e. The number of benzene rings is 1. The van der Waals surface area contributed by atoms with E-state index in [2.05, 4.69) is 0 Å². The molecule has 2 rings (SSSR count). The molecule has 0 spiro atoms. The van der Waals surface area contributed by atoms with Gasteiger partial charge in [-0.25, -0.2) is 4.39 Å². The zero-order valence-corrected chi connectivity index (χ0v) is 7.64. The molecule has 0 saturated heterocycles. The molecule has 0 heterocycles. The fourth-order valence-corrected chi connectivity index (χ4v) is 1.76. The third-order valence-electron chi connectivity index (χ3n) is 2.30. The lowest BCUT2D eigenvalue weighted by molar-refractivity contribution is 0.0802. The Labute approximate surface area is 80.5 Å². The molecular weight excluding hydrogens is 191 g/mol. The van der Waals surface area contributed by atoms with Crippen LogP contribution in [0, 0.1) is 0 Å². The summed E-state index contributed by atoms with van der Waals surface area (Å²) in [4.78, 5) is 11.4. The molecule has 0 aliphatic heterocycles. The number of alkyl halides is 2. The highest BCUT2D eigenvalue weighted by molar-refractivity contribution is 6.37. The number of fused-ring (bicyclic) bond motifs is 1. The van der Waals surface area contributed by atoms with E-state index in [0.717, 1.165) is 5.56 Å². The van der Waals surface area contributed by atoms with Gasteiger partial charge in [-0.1, -0.05) is 35.9 Å². The first-order valence-electron chi connectivity index (χ1n) is 4.12. The lowest BCUT2D eigenvalue weighted by Crippen LogP contribution is -2.32. The van der Waals surface area contributed by atoms with Crippen LogP contribution < -0.4 is 0 Å². The average Bonchev–Trinajstić information content (AvgIpc) is 2.13. The van der Waals surface area contributed by atoms with Gasteiger partial charge in [0.2, 0.25) is 10.9 Å². The highest BCUT2D eigenvalue weighted by Gasteiger charge is 2.40. The van der Waals surface area contributed by atoms with Crippen LogP contribution in [0.2, 0.25) is 0 Å². The Morgan fingerprint density at radius 2 is 2.08 bits per heavy atom. The lowest BCUT2D eigenvalue weighted by Gasteiger charge is -2.23. The molecule has 0 N–H and O–H groups in total. The van der Waals surface area contributed by atoms with Crippen LogP contribution in [0.3, 0.4) is 0 Å². The molecule has 3 heteroatoms. The van der Waals surface area contributed by atoms with Crippen LogP contribution in [0.1, 0.15) is 22.3 Å². The van der Waals surface area contributed by atoms with Crippen molar-refractivity contribution in [2.24, 2.45) is 0 Å². The summed E-state index contributed by atoms with van der Waals surface area (Å²) in [7, 11) is 0. The van der Waals surface area contributed by atoms with E-state index < -0.39 is 10.9 Å². The predicted octanol–water partition coefficient (Wildman–Crippen LogP) is 2.72. The van der Waals surface area contributed by atoms with Gasteiger partial charge in [0.05, 0.1) is 0 Å². The Morgan fingerprint density at radius 3 is 2.85 bits per heavy atom. The minimum absolute atomic E-state index is 0.0738. The summed E-state index contributed by atoms with van der Waals surface area (Å²) >= 11 is 5.43. The van der Waals surface area contributed by atoms with Crippen LogP contribution in [-0.4, -0.2) is 10.9 Å². The summed E-state index contributed by atoms with van der Waals surface area (Å²) < 4.78 is 13.4. The van der Waals surface area contributed by atoms with E-state index in [0.29, 0.717) is 12.0 Å². The highest BCUT2D eigenvalue weighted by atomic mass is 35.5. The Morgan fingerprint density at radius 1 is 1.38 bits per heavy atom. The number of hydrogen-bond donors (Lipinski definition) is 0. The van der Waals surface area contributed by atoms with Gasteiger partial charge in [0.15, 0.2) is 0 Å². The quantitative estimate of drug-likeness (QED) is 0.586. The van der Waals surface area contributed by atoms with Crippen molar-refractivity contribution < 1.29 is 9.18 Å². The van der Waals surface area contributed by atoms with E-state index >= 15 is 0 Å². The molecular formula is C10H8ClFO. The zero-order chi connectivity index (χ0) is 9.47. The minimum Gasteiger partial charge on any atom is -0.289 e. The number of carbonyl (C=O) groups excluding carboxylic acids is 1. The number of rotatable bonds is 0. The van der Waals surface area contributed by atoms with Crippen molar-refractivity contribution in [2.45, 2.75) is 18.0 Å². The molecule has 1 atom stereocenters. The fourth-order valence-electron chi connectivity index (χ4n) is 1.56. The molecule has 1 unspecified atom stereocenters. The smallest absolute Gasteiger partial charge is 0.246 e. The van der Waals surface area contributed by atoms with Crippen LogP contribution in [0.15, 0.2) is 24.3 Å². The number of hydrogen-bond acceptors (Lipinski definition) is 1. The van der Waals surface area contributed by atoms with Crippen LogP contribution in [-0.2, 0) is 6.42 Å². The van der Waals surface area contributed by atoms with Gasteiger partial charge in [-0.2, -0.15) is 0 Å². The number of carbonyl (C=O) groups is 1. The molecule has 13 heavy (non-hydrogen) atoms. The molecule has 68 valence electrons. The number of halogens is 2. The summed E-state index contributed by atoms with van der Waals surface area (Å²) in [5.74, 6) is -0.601. The monoisotopic (exact) mass is 198 g/mol. The number of ketones is 1. The molecule has 1 aromatic carbocycles. The van der Waals surface area contributed by atoms with Crippen molar-refractivity contribution >= 4 is 17.4 Å². The summed E-state index contributed by atoms with van der Waals surface area (Å²) in [5.41, 5.74) is 1.31. The van der Waals surface area contributed by atoms with Crippen LogP contribution in [0.5, 0.6) is 0 Å². The van der Waals surface area contributed by atoms with Gasteiger partial charge < -0.3 is 0 Å². The zero-order valence-electron chi connectivity index (χ0n) is 6.89. The predicted molar refractivity (Wildman–Crippen MR) is 48.8 cm³/mol. The number of aryl methyl sites for hydroxylation is 1. The average molecular weight is 199 g/mol. The first-order valence-corrected chi connectivity index (χ1v) is 4.49. The van der Waals surface area contributed by atoms with E-state index in [9.17, 15) is 9.18 Å². The molecule has 0 radical (unpaired) electrons. The Kier molecular flexibility index (Phi) is 1.88. The maximum absolute atomic E-state index is 13.4. The van der Waals surface area contributed by atoms with Crippen molar-refractivity contribution in [1.82, 2.24) is 0 Å². The van der Waals surface area contributed by atoms with Gasteiger partial charge in [-0.15, -0.1) is 0 Å². The second-order valence-electron chi connectivity index (χ2n) is 3.19. The molecule has 1 nitrogen and oxygen atoms in total. The SMILES string of the molecule is O=C1c2ccccc2CCC1(F)Cl. The maximum Gasteiger partial charge on any atom is 0.246 e. The van der Waals surface area contributed by atoms with Gasteiger partial charge in [0.1, 0.15) is 0 Å². The second-order valence-corrected chi connectivity index (χ2v) is 3.79. The van der Waals surface area contributed by atoms with Crippen molar-refractivity contribution in [2.75, 3.05) is 0 Å². The first-order chi connectivity index (χ1) is 6.11. The van der Waals surface area contributed by atoms with E-state index in [1.54, 1.807) is 12.1 Å². The highest BCUT2D eigenvalue weighted by Crippen LogP contribution is 2.34. The lowest BCUT2D eigenvalue weighted by atomic mass is 9.89. The minimum atomic E-state index is -2.19. The van der Waals surface area contributed by atoms with Gasteiger partial charge in [-0.3, -0.25) is 4.79 Å². The second kappa shape index (κ2) is 2.81. The van der Waals surface area contributed by atoms with E-state index in [4.69, 9.17) is 11.6 Å². The van der Waals surface area contributed by atoms with Crippen LogP contribution in [0.4, 0.5) is 4.39 Å². The standard InChI is InChI=1S/C10H8ClFO/c11-10(12)6-5-7-3-1-2-4-8(7)9(10)13/h1-4H,5-6H2. The molecule has 1 aliphatic carbocycles.